The number of carboxylic acids is 1. The van der Waals surface area contributed by atoms with E-state index >= 15 is 0 Å². The van der Waals surface area contributed by atoms with Gasteiger partial charge in [0.15, 0.2) is 0 Å². The number of amides is 3. The van der Waals surface area contributed by atoms with Gasteiger partial charge in [-0.3, -0.25) is 34.0 Å². The minimum atomic E-state index is -1.06. The molecule has 0 spiro atoms. The fourth-order valence-electron chi connectivity index (χ4n) is 5.20. The maximum absolute atomic E-state index is 13.7. The summed E-state index contributed by atoms with van der Waals surface area (Å²) in [7, 11) is 0. The Morgan fingerprint density at radius 1 is 1.07 bits per heavy atom. The molecule has 1 saturated heterocycles. The molecule has 0 saturated carbocycles. The van der Waals surface area contributed by atoms with Crippen LogP contribution in [0.1, 0.15) is 78.5 Å². The van der Waals surface area contributed by atoms with Gasteiger partial charge in [0.2, 0.25) is 11.8 Å². The number of aromatic nitrogens is 1. The SMILES string of the molecule is CCCC(=O)OC(C)[C@@H](/C=C/c1ccc2ccc(CC)nc2c1)C(=O)NC(C(=O)NC(C)C(=O)N1CCCC(C(=O)O)N1)C(C)C. The molecule has 250 valence electrons. The second kappa shape index (κ2) is 16.8. The fraction of sp³-hybridized carbons (Fsp3) is 0.529. The number of nitrogens with one attached hydrogen (secondary N) is 3. The van der Waals surface area contributed by atoms with E-state index in [4.69, 9.17) is 4.74 Å². The first-order valence-electron chi connectivity index (χ1n) is 16.0. The van der Waals surface area contributed by atoms with Crippen molar-refractivity contribution >= 4 is 46.6 Å². The number of aryl methyl sites for hydroxylation is 1. The van der Waals surface area contributed by atoms with Gasteiger partial charge in [0.05, 0.1) is 11.4 Å². The normalized spacial score (nSPS) is 17.7. The molecule has 1 aliphatic heterocycles. The highest BCUT2D eigenvalue weighted by Crippen LogP contribution is 2.20. The van der Waals surface area contributed by atoms with Gasteiger partial charge in [-0.25, -0.2) is 5.43 Å². The van der Waals surface area contributed by atoms with Crippen LogP contribution in [0.3, 0.4) is 0 Å². The Hall–Kier alpha value is -4.32. The van der Waals surface area contributed by atoms with E-state index in [1.807, 2.05) is 44.2 Å². The Morgan fingerprint density at radius 3 is 2.43 bits per heavy atom. The van der Waals surface area contributed by atoms with Gasteiger partial charge in [-0.05, 0) is 63.1 Å². The Balaban J connectivity index is 1.78. The summed E-state index contributed by atoms with van der Waals surface area (Å²) in [6.45, 7) is 10.9. The molecular formula is C34H47N5O7. The lowest BCUT2D eigenvalue weighted by molar-refractivity contribution is -0.152. The minimum absolute atomic E-state index is 0.209. The van der Waals surface area contributed by atoms with E-state index < -0.39 is 59.8 Å². The van der Waals surface area contributed by atoms with E-state index in [0.29, 0.717) is 25.8 Å². The third-order valence-electron chi connectivity index (χ3n) is 7.94. The first-order valence-corrected chi connectivity index (χ1v) is 16.0. The van der Waals surface area contributed by atoms with E-state index in [-0.39, 0.29) is 12.3 Å². The van der Waals surface area contributed by atoms with Crippen LogP contribution in [0.2, 0.25) is 0 Å². The predicted octanol–water partition coefficient (Wildman–Crippen LogP) is 3.38. The molecule has 0 bridgehead atoms. The zero-order valence-electron chi connectivity index (χ0n) is 27.5. The van der Waals surface area contributed by atoms with Gasteiger partial charge in [-0.2, -0.15) is 0 Å². The summed E-state index contributed by atoms with van der Waals surface area (Å²) < 4.78 is 5.59. The molecule has 1 fully saturated rings. The molecule has 12 nitrogen and oxygen atoms in total. The number of hydrazine groups is 1. The van der Waals surface area contributed by atoms with Crippen molar-refractivity contribution in [3.63, 3.8) is 0 Å². The van der Waals surface area contributed by atoms with Crippen LogP contribution in [0, 0.1) is 11.8 Å². The molecule has 46 heavy (non-hydrogen) atoms. The minimum Gasteiger partial charge on any atom is -0.480 e. The van der Waals surface area contributed by atoms with Crippen LogP contribution < -0.4 is 16.1 Å². The van der Waals surface area contributed by atoms with E-state index in [0.717, 1.165) is 28.6 Å². The molecule has 3 rings (SSSR count). The maximum atomic E-state index is 13.7. The Kier molecular flexibility index (Phi) is 13.2. The molecule has 0 radical (unpaired) electrons. The molecule has 5 atom stereocenters. The molecule has 1 aromatic heterocycles. The molecular weight excluding hydrogens is 590 g/mol. The quantitative estimate of drug-likeness (QED) is 0.227. The highest BCUT2D eigenvalue weighted by atomic mass is 16.5. The number of carboxylic acid groups (broad SMARTS) is 1. The van der Waals surface area contributed by atoms with Gasteiger partial charge >= 0.3 is 11.9 Å². The number of esters is 1. The summed E-state index contributed by atoms with van der Waals surface area (Å²) in [5.41, 5.74) is 5.29. The summed E-state index contributed by atoms with van der Waals surface area (Å²) in [5.74, 6) is -4.33. The summed E-state index contributed by atoms with van der Waals surface area (Å²) in [4.78, 5) is 68.6. The van der Waals surface area contributed by atoms with Crippen molar-refractivity contribution in [2.75, 3.05) is 6.54 Å². The molecule has 1 aromatic carbocycles. The number of carbonyl (C=O) groups is 5. The van der Waals surface area contributed by atoms with Crippen LogP contribution in [0.25, 0.3) is 17.0 Å². The topological polar surface area (TPSA) is 167 Å². The van der Waals surface area contributed by atoms with Crippen LogP contribution in [0.4, 0.5) is 0 Å². The highest BCUT2D eigenvalue weighted by Gasteiger charge is 2.34. The van der Waals surface area contributed by atoms with E-state index in [2.05, 4.69) is 21.0 Å². The number of carbonyl (C=O) groups excluding carboxylic acids is 4. The zero-order chi connectivity index (χ0) is 34.0. The zero-order valence-corrected chi connectivity index (χ0v) is 27.5. The Labute approximate surface area is 270 Å². The lowest BCUT2D eigenvalue weighted by Crippen LogP contribution is -2.61. The number of rotatable bonds is 14. The number of nitrogens with zero attached hydrogens (tertiary/aromatic N) is 2. The van der Waals surface area contributed by atoms with E-state index in [9.17, 15) is 29.1 Å². The first-order chi connectivity index (χ1) is 21.8. The van der Waals surface area contributed by atoms with Crippen LogP contribution >= 0.6 is 0 Å². The summed E-state index contributed by atoms with van der Waals surface area (Å²) in [6, 6.07) is 6.91. The highest BCUT2D eigenvalue weighted by molar-refractivity contribution is 5.93. The Morgan fingerprint density at radius 2 is 1.78 bits per heavy atom. The summed E-state index contributed by atoms with van der Waals surface area (Å²) in [5, 5.41) is 17.0. The van der Waals surface area contributed by atoms with Gasteiger partial charge in [0.1, 0.15) is 24.2 Å². The molecule has 4 unspecified atom stereocenters. The third-order valence-corrected chi connectivity index (χ3v) is 7.94. The summed E-state index contributed by atoms with van der Waals surface area (Å²) >= 11 is 0. The third kappa shape index (κ3) is 9.84. The van der Waals surface area contributed by atoms with Crippen LogP contribution in [-0.2, 0) is 35.1 Å². The largest absolute Gasteiger partial charge is 0.480 e. The van der Waals surface area contributed by atoms with Crippen LogP contribution in [0.15, 0.2) is 36.4 Å². The lowest BCUT2D eigenvalue weighted by Gasteiger charge is -2.34. The van der Waals surface area contributed by atoms with Crippen molar-refractivity contribution < 1.29 is 33.8 Å². The monoisotopic (exact) mass is 637 g/mol. The lowest BCUT2D eigenvalue weighted by atomic mass is 9.97. The van der Waals surface area contributed by atoms with Gasteiger partial charge < -0.3 is 20.5 Å². The number of pyridine rings is 1. The van der Waals surface area contributed by atoms with Crippen LogP contribution in [0.5, 0.6) is 0 Å². The van der Waals surface area contributed by atoms with Crippen LogP contribution in [-0.4, -0.2) is 75.5 Å². The first kappa shape index (κ1) is 36.2. The molecule has 3 amide bonds. The predicted molar refractivity (Wildman–Crippen MR) is 174 cm³/mol. The van der Waals surface area contributed by atoms with Crippen molar-refractivity contribution in [2.45, 2.75) is 97.9 Å². The second-order valence-electron chi connectivity index (χ2n) is 12.1. The van der Waals surface area contributed by atoms with E-state index in [1.165, 1.54) is 11.9 Å². The van der Waals surface area contributed by atoms with Gasteiger partial charge in [0, 0.05) is 24.0 Å². The fourth-order valence-corrected chi connectivity index (χ4v) is 5.20. The van der Waals surface area contributed by atoms with Crippen molar-refractivity contribution in [3.05, 3.63) is 47.7 Å². The number of fused-ring (bicyclic) bond motifs is 1. The maximum Gasteiger partial charge on any atom is 0.322 e. The number of aliphatic carboxylic acids is 1. The number of ether oxygens (including phenoxy) is 1. The number of hydrogen-bond donors (Lipinski definition) is 4. The van der Waals surface area contributed by atoms with Gasteiger partial charge in [-0.15, -0.1) is 0 Å². The summed E-state index contributed by atoms with van der Waals surface area (Å²) in [6.07, 6.45) is 5.11. The molecule has 1 aliphatic rings. The molecule has 4 N–H and O–H groups in total. The van der Waals surface area contributed by atoms with Crippen molar-refractivity contribution in [3.8, 4) is 0 Å². The number of benzene rings is 1. The number of hydrogen-bond acceptors (Lipinski definition) is 8. The second-order valence-corrected chi connectivity index (χ2v) is 12.1. The smallest absolute Gasteiger partial charge is 0.322 e. The molecule has 2 aromatic rings. The van der Waals surface area contributed by atoms with Crippen molar-refractivity contribution in [1.82, 2.24) is 26.1 Å². The molecule has 0 aliphatic carbocycles. The van der Waals surface area contributed by atoms with Gasteiger partial charge in [0.25, 0.3) is 5.91 Å². The van der Waals surface area contributed by atoms with Gasteiger partial charge in [-0.1, -0.05) is 58.0 Å². The van der Waals surface area contributed by atoms with E-state index in [1.54, 1.807) is 32.9 Å². The molecule has 12 heteroatoms. The average Bonchev–Trinajstić information content (AvgIpc) is 3.02. The average molecular weight is 638 g/mol. The Bertz CT molecular complexity index is 1440. The van der Waals surface area contributed by atoms with Crippen molar-refractivity contribution in [2.24, 2.45) is 11.8 Å². The standard InChI is InChI=1S/C34H47N5O7/c1-7-10-29(40)46-22(6)26(17-13-23-12-14-24-15-16-25(8-2)36-28(24)19-23)31(41)37-30(20(3)4)32(42)35-21(5)33(43)39-18-9-11-27(38-39)34(44)45/h12-17,19-22,26-27,30,38H,7-11,18H2,1-6H3,(H,35,42)(H,37,41)(H,44,45)/b17-13+/t21?,22?,26-,27?,30?/m1/s1. The van der Waals surface area contributed by atoms with Crippen molar-refractivity contribution in [1.29, 1.82) is 0 Å². The molecule has 2 heterocycles.